The number of para-hydroxylation sites is 1. The molecule has 6 heteroatoms. The average molecular weight is 363 g/mol. The Hall–Kier alpha value is -2.99. The lowest BCUT2D eigenvalue weighted by Gasteiger charge is -2.07. The van der Waals surface area contributed by atoms with Gasteiger partial charge in [0.05, 0.1) is 10.6 Å². The minimum absolute atomic E-state index is 0.0690. The molecule has 1 aliphatic rings. The van der Waals surface area contributed by atoms with Crippen LogP contribution in [0.3, 0.4) is 0 Å². The molecule has 0 unspecified atom stereocenters. The van der Waals surface area contributed by atoms with Crippen molar-refractivity contribution >= 4 is 45.5 Å². The zero-order valence-electron chi connectivity index (χ0n) is 14.4. The Balaban J connectivity index is 1.70. The molecular weight excluding hydrogens is 346 g/mol. The Morgan fingerprint density at radius 1 is 1.08 bits per heavy atom. The van der Waals surface area contributed by atoms with E-state index in [4.69, 9.17) is 0 Å². The quantitative estimate of drug-likeness (QED) is 0.697. The first kappa shape index (κ1) is 16.5. The molecule has 4 rings (SSSR count). The number of hydrogen-bond donors (Lipinski definition) is 1. The molecule has 1 fully saturated rings. The number of fused-ring (bicyclic) bond motifs is 1. The van der Waals surface area contributed by atoms with Crippen LogP contribution in [0.1, 0.15) is 5.56 Å². The first-order chi connectivity index (χ1) is 12.5. The molecule has 1 saturated heterocycles. The fourth-order valence-electron chi connectivity index (χ4n) is 2.92. The van der Waals surface area contributed by atoms with Gasteiger partial charge in [-0.1, -0.05) is 18.2 Å². The molecule has 1 N–H and O–H groups in total. The summed E-state index contributed by atoms with van der Waals surface area (Å²) in [6.45, 7) is 0. The fourth-order valence-corrected chi connectivity index (χ4v) is 3.90. The van der Waals surface area contributed by atoms with Gasteiger partial charge in [-0.25, -0.2) is 4.99 Å². The number of carbonyl (C=O) groups is 1. The van der Waals surface area contributed by atoms with Gasteiger partial charge in [0.1, 0.15) is 5.75 Å². The van der Waals surface area contributed by atoms with Gasteiger partial charge >= 0.3 is 0 Å². The Morgan fingerprint density at radius 2 is 1.81 bits per heavy atom. The van der Waals surface area contributed by atoms with Crippen LogP contribution < -0.4 is 0 Å². The first-order valence-corrected chi connectivity index (χ1v) is 8.94. The summed E-state index contributed by atoms with van der Waals surface area (Å²) in [5.74, 6) is 0.120. The maximum atomic E-state index is 12.6. The molecule has 1 aliphatic heterocycles. The molecule has 1 amide bonds. The zero-order chi connectivity index (χ0) is 18.3. The minimum Gasteiger partial charge on any atom is -0.508 e. The summed E-state index contributed by atoms with van der Waals surface area (Å²) in [6, 6.07) is 14.7. The fraction of sp³-hybridized carbons (Fsp3) is 0.100. The number of aryl methyl sites for hydroxylation is 1. The number of amides is 1. The van der Waals surface area contributed by atoms with Crippen LogP contribution in [0.4, 0.5) is 5.69 Å². The van der Waals surface area contributed by atoms with Crippen molar-refractivity contribution in [2.45, 2.75) is 0 Å². The van der Waals surface area contributed by atoms with Crippen molar-refractivity contribution in [3.05, 3.63) is 65.2 Å². The van der Waals surface area contributed by atoms with Crippen molar-refractivity contribution in [1.82, 2.24) is 9.47 Å². The molecule has 26 heavy (non-hydrogen) atoms. The van der Waals surface area contributed by atoms with Gasteiger partial charge < -0.3 is 9.67 Å². The number of nitrogens with zero attached hydrogens (tertiary/aromatic N) is 3. The number of hydrogen-bond acceptors (Lipinski definition) is 4. The molecule has 3 aromatic rings. The number of phenols is 1. The Bertz CT molecular complexity index is 1060. The van der Waals surface area contributed by atoms with Crippen molar-refractivity contribution < 1.29 is 9.90 Å². The molecule has 2 aromatic carbocycles. The number of aromatic nitrogens is 1. The largest absolute Gasteiger partial charge is 0.508 e. The van der Waals surface area contributed by atoms with Crippen LogP contribution in [-0.2, 0) is 11.8 Å². The van der Waals surface area contributed by atoms with Gasteiger partial charge in [-0.2, -0.15) is 0 Å². The van der Waals surface area contributed by atoms with Crippen LogP contribution in [0.5, 0.6) is 5.75 Å². The van der Waals surface area contributed by atoms with E-state index in [0.717, 1.165) is 16.5 Å². The molecule has 0 saturated carbocycles. The van der Waals surface area contributed by atoms with Gasteiger partial charge in [0, 0.05) is 36.8 Å². The summed E-state index contributed by atoms with van der Waals surface area (Å²) in [7, 11) is 3.72. The van der Waals surface area contributed by atoms with Crippen molar-refractivity contribution in [1.29, 1.82) is 0 Å². The van der Waals surface area contributed by atoms with Gasteiger partial charge in [0.2, 0.25) is 0 Å². The van der Waals surface area contributed by atoms with Gasteiger partial charge in [0.25, 0.3) is 5.91 Å². The van der Waals surface area contributed by atoms with Crippen LogP contribution in [0.2, 0.25) is 0 Å². The van der Waals surface area contributed by atoms with Crippen LogP contribution in [0.15, 0.2) is 64.6 Å². The molecule has 1 aromatic heterocycles. The van der Waals surface area contributed by atoms with E-state index in [0.29, 0.717) is 15.8 Å². The van der Waals surface area contributed by atoms with E-state index in [1.165, 1.54) is 11.8 Å². The van der Waals surface area contributed by atoms with E-state index in [1.54, 1.807) is 36.2 Å². The number of thioether (sulfide) groups is 1. The summed E-state index contributed by atoms with van der Waals surface area (Å²) < 4.78 is 2.06. The molecule has 0 aliphatic carbocycles. The lowest BCUT2D eigenvalue weighted by atomic mass is 10.1. The van der Waals surface area contributed by atoms with Crippen molar-refractivity contribution in [2.75, 3.05) is 7.05 Å². The van der Waals surface area contributed by atoms with E-state index in [-0.39, 0.29) is 11.7 Å². The molecule has 2 heterocycles. The number of rotatable bonds is 2. The highest BCUT2D eigenvalue weighted by Gasteiger charge is 2.30. The van der Waals surface area contributed by atoms with Crippen LogP contribution >= 0.6 is 11.8 Å². The number of phenolic OH excluding ortho intramolecular Hbond substituents is 1. The molecule has 0 atom stereocenters. The average Bonchev–Trinajstić information content (AvgIpc) is 3.10. The third kappa shape index (κ3) is 2.88. The van der Waals surface area contributed by atoms with E-state index < -0.39 is 0 Å². The Labute approximate surface area is 155 Å². The number of likely N-dealkylation sites (N-methyl/N-ethyl adjacent to an activating group) is 1. The third-order valence-corrected chi connectivity index (χ3v) is 5.35. The molecule has 5 nitrogen and oxygen atoms in total. The van der Waals surface area contributed by atoms with Crippen LogP contribution in [0, 0.1) is 0 Å². The maximum Gasteiger partial charge on any atom is 0.266 e. The highest BCUT2D eigenvalue weighted by Crippen LogP contribution is 2.34. The monoisotopic (exact) mass is 363 g/mol. The van der Waals surface area contributed by atoms with E-state index >= 15 is 0 Å². The number of benzene rings is 2. The maximum absolute atomic E-state index is 12.6. The van der Waals surface area contributed by atoms with Gasteiger partial charge in [-0.3, -0.25) is 9.69 Å². The Morgan fingerprint density at radius 3 is 2.58 bits per heavy atom. The lowest BCUT2D eigenvalue weighted by molar-refractivity contribution is -0.121. The molecule has 130 valence electrons. The van der Waals surface area contributed by atoms with E-state index in [9.17, 15) is 9.90 Å². The standard InChI is InChI=1S/C20H17N3O2S/c1-22-12-13(16-5-3-4-6-17(16)22)11-18-19(25)23(2)20(26-18)21-14-7-9-15(24)10-8-14/h3-12,24H,1-2H3/b18-11-,21-20?. The highest BCUT2D eigenvalue weighted by molar-refractivity contribution is 8.18. The summed E-state index contributed by atoms with van der Waals surface area (Å²) in [5, 5.41) is 11.1. The van der Waals surface area contributed by atoms with Gasteiger partial charge in [-0.15, -0.1) is 0 Å². The van der Waals surface area contributed by atoms with Gasteiger partial charge in [0.15, 0.2) is 5.17 Å². The SMILES string of the molecule is CN1C(=O)/C(=C/c2cn(C)c3ccccc23)SC1=Nc1ccc(O)cc1. The second-order valence-electron chi connectivity index (χ2n) is 6.10. The summed E-state index contributed by atoms with van der Waals surface area (Å²) in [5.41, 5.74) is 2.83. The predicted molar refractivity (Wildman–Crippen MR) is 106 cm³/mol. The van der Waals surface area contributed by atoms with E-state index in [2.05, 4.69) is 21.7 Å². The highest BCUT2D eigenvalue weighted by atomic mass is 32.2. The van der Waals surface area contributed by atoms with Crippen LogP contribution in [0.25, 0.3) is 17.0 Å². The molecule has 0 spiro atoms. The molecule has 0 bridgehead atoms. The topological polar surface area (TPSA) is 57.8 Å². The number of amidine groups is 1. The zero-order valence-corrected chi connectivity index (χ0v) is 15.2. The number of aliphatic imine (C=N–C) groups is 1. The predicted octanol–water partition coefficient (Wildman–Crippen LogP) is 4.12. The number of aromatic hydroxyl groups is 1. The number of carbonyl (C=O) groups excluding carboxylic acids is 1. The Kier molecular flexibility index (Phi) is 4.05. The van der Waals surface area contributed by atoms with E-state index in [1.807, 2.05) is 31.5 Å². The summed E-state index contributed by atoms with van der Waals surface area (Å²) in [6.07, 6.45) is 3.95. The first-order valence-electron chi connectivity index (χ1n) is 8.12. The minimum atomic E-state index is -0.0690. The second-order valence-corrected chi connectivity index (χ2v) is 7.11. The molecular formula is C20H17N3O2S. The van der Waals surface area contributed by atoms with Crippen molar-refractivity contribution in [3.8, 4) is 5.75 Å². The normalized spacial score (nSPS) is 17.8. The van der Waals surface area contributed by atoms with Gasteiger partial charge in [-0.05, 0) is 48.2 Å². The summed E-state index contributed by atoms with van der Waals surface area (Å²) in [4.78, 5) is 19.3. The lowest BCUT2D eigenvalue weighted by Crippen LogP contribution is -2.23. The van der Waals surface area contributed by atoms with Crippen molar-refractivity contribution in [3.63, 3.8) is 0 Å². The summed E-state index contributed by atoms with van der Waals surface area (Å²) >= 11 is 1.35. The third-order valence-electron chi connectivity index (χ3n) is 4.29. The van der Waals surface area contributed by atoms with Crippen molar-refractivity contribution in [2.24, 2.45) is 12.0 Å². The second kappa shape index (κ2) is 6.38. The molecule has 0 radical (unpaired) electrons. The van der Waals surface area contributed by atoms with Crippen LogP contribution in [-0.4, -0.2) is 32.7 Å². The smallest absolute Gasteiger partial charge is 0.266 e.